The van der Waals surface area contributed by atoms with Crippen LogP contribution in [-0.2, 0) is 6.42 Å². The molecule has 4 heteroatoms. The van der Waals surface area contributed by atoms with Crippen molar-refractivity contribution in [3.63, 3.8) is 0 Å². The van der Waals surface area contributed by atoms with E-state index in [0.717, 1.165) is 29.5 Å². The van der Waals surface area contributed by atoms with Crippen molar-refractivity contribution in [2.24, 2.45) is 0 Å². The maximum absolute atomic E-state index is 6.28. The average Bonchev–Trinajstić information content (AvgIpc) is 2.66. The first-order valence-electron chi connectivity index (χ1n) is 5.64. The van der Waals surface area contributed by atoms with Crippen molar-refractivity contribution in [1.82, 2.24) is 5.16 Å². The molecule has 1 heterocycles. The van der Waals surface area contributed by atoms with E-state index in [-0.39, 0.29) is 0 Å². The Morgan fingerprint density at radius 1 is 1.41 bits per heavy atom. The third-order valence-corrected chi connectivity index (χ3v) is 3.26. The SMILES string of the molecule is CCCc1c(N)noc1-c1cccc(C)c1Cl. The highest BCUT2D eigenvalue weighted by atomic mass is 35.5. The highest BCUT2D eigenvalue weighted by Crippen LogP contribution is 2.35. The molecule has 0 aliphatic carbocycles. The Hall–Kier alpha value is -1.48. The number of aromatic nitrogens is 1. The Kier molecular flexibility index (Phi) is 3.38. The molecule has 2 N–H and O–H groups in total. The fourth-order valence-electron chi connectivity index (χ4n) is 1.85. The van der Waals surface area contributed by atoms with E-state index in [4.69, 9.17) is 21.9 Å². The minimum atomic E-state index is 0.458. The maximum atomic E-state index is 6.28. The zero-order chi connectivity index (χ0) is 12.4. The van der Waals surface area contributed by atoms with Crippen LogP contribution in [0.2, 0.25) is 5.02 Å². The molecule has 2 rings (SSSR count). The van der Waals surface area contributed by atoms with Crippen LogP contribution in [0.5, 0.6) is 0 Å². The average molecular weight is 251 g/mol. The van der Waals surface area contributed by atoms with Gasteiger partial charge in [-0.3, -0.25) is 0 Å². The van der Waals surface area contributed by atoms with E-state index in [1.165, 1.54) is 0 Å². The van der Waals surface area contributed by atoms with Crippen LogP contribution in [0.3, 0.4) is 0 Å². The number of nitrogen functional groups attached to an aromatic ring is 1. The van der Waals surface area contributed by atoms with Gasteiger partial charge in [0.15, 0.2) is 11.6 Å². The van der Waals surface area contributed by atoms with Gasteiger partial charge in [-0.05, 0) is 25.0 Å². The number of nitrogens with zero attached hydrogens (tertiary/aromatic N) is 1. The molecule has 1 aromatic carbocycles. The summed E-state index contributed by atoms with van der Waals surface area (Å²) in [5.74, 6) is 1.15. The number of hydrogen-bond acceptors (Lipinski definition) is 3. The molecular weight excluding hydrogens is 236 g/mol. The molecular formula is C13H15ClN2O. The Bertz CT molecular complexity index is 534. The molecule has 0 aliphatic heterocycles. The second kappa shape index (κ2) is 4.80. The van der Waals surface area contributed by atoms with Gasteiger partial charge >= 0.3 is 0 Å². The summed E-state index contributed by atoms with van der Waals surface area (Å²) in [4.78, 5) is 0. The van der Waals surface area contributed by atoms with Gasteiger partial charge in [0.2, 0.25) is 0 Å². The highest BCUT2D eigenvalue weighted by molar-refractivity contribution is 6.34. The summed E-state index contributed by atoms with van der Waals surface area (Å²) in [6.07, 6.45) is 1.83. The number of halogens is 1. The zero-order valence-electron chi connectivity index (χ0n) is 9.96. The van der Waals surface area contributed by atoms with Crippen LogP contribution >= 0.6 is 11.6 Å². The first-order chi connectivity index (χ1) is 8.15. The fraction of sp³-hybridized carbons (Fsp3) is 0.308. The van der Waals surface area contributed by atoms with Gasteiger partial charge in [-0.15, -0.1) is 0 Å². The lowest BCUT2D eigenvalue weighted by Crippen LogP contribution is -1.93. The van der Waals surface area contributed by atoms with Crippen molar-refractivity contribution >= 4 is 17.4 Å². The van der Waals surface area contributed by atoms with E-state index in [2.05, 4.69) is 12.1 Å². The summed E-state index contributed by atoms with van der Waals surface area (Å²) in [5, 5.41) is 4.52. The van der Waals surface area contributed by atoms with Crippen molar-refractivity contribution in [1.29, 1.82) is 0 Å². The Balaban J connectivity index is 2.56. The molecule has 90 valence electrons. The van der Waals surface area contributed by atoms with Crippen molar-refractivity contribution in [3.8, 4) is 11.3 Å². The molecule has 2 aromatic rings. The molecule has 17 heavy (non-hydrogen) atoms. The molecule has 0 bridgehead atoms. The van der Waals surface area contributed by atoms with Crippen LogP contribution in [0.4, 0.5) is 5.82 Å². The van der Waals surface area contributed by atoms with Gasteiger partial charge in [0.1, 0.15) is 0 Å². The highest BCUT2D eigenvalue weighted by Gasteiger charge is 2.17. The summed E-state index contributed by atoms with van der Waals surface area (Å²) in [5.41, 5.74) is 8.63. The van der Waals surface area contributed by atoms with E-state index in [1.54, 1.807) is 0 Å². The van der Waals surface area contributed by atoms with Gasteiger partial charge in [-0.1, -0.05) is 42.2 Å². The van der Waals surface area contributed by atoms with Gasteiger partial charge in [0, 0.05) is 11.1 Å². The van der Waals surface area contributed by atoms with Gasteiger partial charge in [0.05, 0.1) is 5.02 Å². The molecule has 0 amide bonds. The number of aryl methyl sites for hydroxylation is 1. The smallest absolute Gasteiger partial charge is 0.173 e. The van der Waals surface area contributed by atoms with Crippen molar-refractivity contribution < 1.29 is 4.52 Å². The standard InChI is InChI=1S/C13H15ClN2O/c1-3-5-10-12(17-16-13(10)15)9-7-4-6-8(2)11(9)14/h4,6-7H,3,5H2,1-2H3,(H2,15,16). The van der Waals surface area contributed by atoms with Crippen LogP contribution < -0.4 is 5.73 Å². The van der Waals surface area contributed by atoms with Crippen molar-refractivity contribution in [3.05, 3.63) is 34.3 Å². The topological polar surface area (TPSA) is 52.0 Å². The summed E-state index contributed by atoms with van der Waals surface area (Å²) >= 11 is 6.28. The molecule has 0 radical (unpaired) electrons. The van der Waals surface area contributed by atoms with Crippen LogP contribution in [0, 0.1) is 6.92 Å². The fourth-order valence-corrected chi connectivity index (χ4v) is 2.06. The second-order valence-electron chi connectivity index (χ2n) is 4.06. The lowest BCUT2D eigenvalue weighted by molar-refractivity contribution is 0.435. The first kappa shape index (κ1) is 12.0. The predicted octanol–water partition coefficient (Wildman–Crippen LogP) is 3.84. The third kappa shape index (κ3) is 2.15. The molecule has 3 nitrogen and oxygen atoms in total. The number of nitrogens with two attached hydrogens (primary N) is 1. The third-order valence-electron chi connectivity index (χ3n) is 2.75. The number of rotatable bonds is 3. The number of anilines is 1. The number of hydrogen-bond donors (Lipinski definition) is 1. The summed E-state index contributed by atoms with van der Waals surface area (Å²) in [6.45, 7) is 4.05. The molecule has 0 spiro atoms. The van der Waals surface area contributed by atoms with Gasteiger partial charge < -0.3 is 10.3 Å². The van der Waals surface area contributed by atoms with Gasteiger partial charge in [-0.25, -0.2) is 0 Å². The van der Waals surface area contributed by atoms with Crippen LogP contribution in [0.25, 0.3) is 11.3 Å². The van der Waals surface area contributed by atoms with E-state index >= 15 is 0 Å². The normalized spacial score (nSPS) is 10.8. The van der Waals surface area contributed by atoms with Crippen LogP contribution in [0.15, 0.2) is 22.7 Å². The molecule has 1 aromatic heterocycles. The van der Waals surface area contributed by atoms with E-state index in [9.17, 15) is 0 Å². The quantitative estimate of drug-likeness (QED) is 0.901. The van der Waals surface area contributed by atoms with Gasteiger partial charge in [0.25, 0.3) is 0 Å². The summed E-state index contributed by atoms with van der Waals surface area (Å²) < 4.78 is 5.31. The van der Waals surface area contributed by atoms with Crippen molar-refractivity contribution in [2.75, 3.05) is 5.73 Å². The summed E-state index contributed by atoms with van der Waals surface area (Å²) in [6, 6.07) is 5.84. The van der Waals surface area contributed by atoms with E-state index in [1.807, 2.05) is 25.1 Å². The van der Waals surface area contributed by atoms with Gasteiger partial charge in [-0.2, -0.15) is 0 Å². The predicted molar refractivity (Wildman–Crippen MR) is 70.1 cm³/mol. The lowest BCUT2D eigenvalue weighted by Gasteiger charge is -2.05. The summed E-state index contributed by atoms with van der Waals surface area (Å²) in [7, 11) is 0. The van der Waals surface area contributed by atoms with Crippen molar-refractivity contribution in [2.45, 2.75) is 26.7 Å². The van der Waals surface area contributed by atoms with Crippen LogP contribution in [0.1, 0.15) is 24.5 Å². The zero-order valence-corrected chi connectivity index (χ0v) is 10.7. The Labute approximate surface area is 106 Å². The van der Waals surface area contributed by atoms with E-state index in [0.29, 0.717) is 16.6 Å². The minimum Gasteiger partial charge on any atom is -0.381 e. The molecule has 0 saturated heterocycles. The minimum absolute atomic E-state index is 0.458. The largest absolute Gasteiger partial charge is 0.381 e. The second-order valence-corrected chi connectivity index (χ2v) is 4.44. The maximum Gasteiger partial charge on any atom is 0.173 e. The molecule has 0 fully saturated rings. The Morgan fingerprint density at radius 3 is 2.88 bits per heavy atom. The van der Waals surface area contributed by atoms with Crippen LogP contribution in [-0.4, -0.2) is 5.16 Å². The Morgan fingerprint density at radius 2 is 2.18 bits per heavy atom. The monoisotopic (exact) mass is 250 g/mol. The molecule has 0 unspecified atom stereocenters. The molecule has 0 saturated carbocycles. The molecule has 0 aliphatic rings. The first-order valence-corrected chi connectivity index (χ1v) is 6.02. The molecule has 0 atom stereocenters. The number of benzene rings is 1. The van der Waals surface area contributed by atoms with E-state index < -0.39 is 0 Å². The lowest BCUT2D eigenvalue weighted by atomic mass is 10.0.